The van der Waals surface area contributed by atoms with Gasteiger partial charge in [0.1, 0.15) is 5.82 Å². The molecule has 0 aliphatic carbocycles. The van der Waals surface area contributed by atoms with Crippen LogP contribution in [0.4, 0.5) is 5.82 Å². The highest BCUT2D eigenvalue weighted by molar-refractivity contribution is 9.10. The van der Waals surface area contributed by atoms with Crippen LogP contribution in [-0.2, 0) is 0 Å². The molecule has 0 radical (unpaired) electrons. The van der Waals surface area contributed by atoms with Crippen molar-refractivity contribution in [3.63, 3.8) is 0 Å². The summed E-state index contributed by atoms with van der Waals surface area (Å²) in [6, 6.07) is 8.16. The number of aromatic nitrogens is 1. The monoisotopic (exact) mass is 344 g/mol. The van der Waals surface area contributed by atoms with Crippen LogP contribution in [0.3, 0.4) is 0 Å². The van der Waals surface area contributed by atoms with Gasteiger partial charge in [-0.1, -0.05) is 39.1 Å². The summed E-state index contributed by atoms with van der Waals surface area (Å²) in [6.45, 7) is 0. The molecule has 1 amide bonds. The fourth-order valence-corrected chi connectivity index (χ4v) is 1.93. The van der Waals surface area contributed by atoms with E-state index in [1.807, 2.05) is 0 Å². The second kappa shape index (κ2) is 5.69. The van der Waals surface area contributed by atoms with Crippen LogP contribution in [0, 0.1) is 0 Å². The first kappa shape index (κ1) is 13.3. The van der Waals surface area contributed by atoms with Gasteiger partial charge in [-0.25, -0.2) is 4.98 Å². The summed E-state index contributed by atoms with van der Waals surface area (Å²) < 4.78 is 0.835. The van der Waals surface area contributed by atoms with E-state index in [2.05, 4.69) is 26.2 Å². The zero-order chi connectivity index (χ0) is 13.1. The van der Waals surface area contributed by atoms with Gasteiger partial charge in [-0.3, -0.25) is 4.79 Å². The molecule has 1 aromatic carbocycles. The van der Waals surface area contributed by atoms with Gasteiger partial charge >= 0.3 is 0 Å². The van der Waals surface area contributed by atoms with Crippen molar-refractivity contribution in [1.82, 2.24) is 4.98 Å². The molecule has 18 heavy (non-hydrogen) atoms. The lowest BCUT2D eigenvalue weighted by molar-refractivity contribution is 0.102. The molecule has 0 spiro atoms. The maximum Gasteiger partial charge on any atom is 0.256 e. The molecular weight excluding hydrogens is 339 g/mol. The Kier molecular flexibility index (Phi) is 4.22. The van der Waals surface area contributed by atoms with Crippen molar-refractivity contribution in [1.29, 1.82) is 0 Å². The molecule has 0 aliphatic rings. The second-order valence-electron chi connectivity index (χ2n) is 3.44. The number of anilines is 1. The number of halogens is 3. The van der Waals surface area contributed by atoms with E-state index >= 15 is 0 Å². The molecule has 92 valence electrons. The Morgan fingerprint density at radius 3 is 2.61 bits per heavy atom. The lowest BCUT2D eigenvalue weighted by Crippen LogP contribution is -2.12. The average Bonchev–Trinajstić information content (AvgIpc) is 2.32. The largest absolute Gasteiger partial charge is 0.307 e. The zero-order valence-corrected chi connectivity index (χ0v) is 12.1. The number of amides is 1. The number of nitrogens with one attached hydrogen (secondary N) is 1. The number of carbonyl (C=O) groups is 1. The molecule has 2 aromatic rings. The van der Waals surface area contributed by atoms with Crippen LogP contribution in [0.5, 0.6) is 0 Å². The van der Waals surface area contributed by atoms with Crippen molar-refractivity contribution in [3.05, 3.63) is 56.6 Å². The van der Waals surface area contributed by atoms with E-state index in [4.69, 9.17) is 23.2 Å². The summed E-state index contributed by atoms with van der Waals surface area (Å²) in [6.07, 6.45) is 1.59. The normalized spacial score (nSPS) is 10.2. The first-order valence-corrected chi connectivity index (χ1v) is 6.49. The lowest BCUT2D eigenvalue weighted by atomic mass is 10.2. The Hall–Kier alpha value is -1.10. The third-order valence-electron chi connectivity index (χ3n) is 2.15. The molecule has 2 rings (SSSR count). The minimum atomic E-state index is -0.292. The molecule has 6 heteroatoms. The molecule has 0 unspecified atom stereocenters. The van der Waals surface area contributed by atoms with Gasteiger partial charge in [-0.2, -0.15) is 0 Å². The van der Waals surface area contributed by atoms with Crippen LogP contribution in [0.1, 0.15) is 10.4 Å². The standard InChI is InChI=1S/C12H7BrCl2N2O/c13-8-3-4-16-11(6-8)17-12(18)7-1-2-9(14)10(15)5-7/h1-6H,(H,16,17,18). The first-order valence-electron chi connectivity index (χ1n) is 4.94. The van der Waals surface area contributed by atoms with E-state index in [0.29, 0.717) is 21.4 Å². The van der Waals surface area contributed by atoms with Crippen LogP contribution >= 0.6 is 39.1 Å². The van der Waals surface area contributed by atoms with Crippen molar-refractivity contribution < 1.29 is 4.79 Å². The average molecular weight is 346 g/mol. The molecular formula is C12H7BrCl2N2O. The zero-order valence-electron chi connectivity index (χ0n) is 8.95. The van der Waals surface area contributed by atoms with Gasteiger partial charge in [0.2, 0.25) is 0 Å². The van der Waals surface area contributed by atoms with Crippen LogP contribution in [0.2, 0.25) is 10.0 Å². The molecule has 0 aliphatic heterocycles. The fraction of sp³-hybridized carbons (Fsp3) is 0. The van der Waals surface area contributed by atoms with Crippen LogP contribution in [0.25, 0.3) is 0 Å². The molecule has 3 nitrogen and oxygen atoms in total. The van der Waals surface area contributed by atoms with Crippen molar-refractivity contribution in [3.8, 4) is 0 Å². The van der Waals surface area contributed by atoms with Crippen molar-refractivity contribution in [2.24, 2.45) is 0 Å². The highest BCUT2D eigenvalue weighted by atomic mass is 79.9. The summed E-state index contributed by atoms with van der Waals surface area (Å²) in [7, 11) is 0. The Labute approximate surface area is 122 Å². The summed E-state index contributed by atoms with van der Waals surface area (Å²) in [4.78, 5) is 15.9. The van der Waals surface area contributed by atoms with Crippen molar-refractivity contribution >= 4 is 50.9 Å². The summed E-state index contributed by atoms with van der Waals surface area (Å²) in [5.41, 5.74) is 0.422. The maximum absolute atomic E-state index is 11.9. The Balaban J connectivity index is 2.19. The maximum atomic E-state index is 11.9. The van der Waals surface area contributed by atoms with E-state index < -0.39 is 0 Å². The predicted molar refractivity (Wildman–Crippen MR) is 76.4 cm³/mol. The molecule has 1 N–H and O–H groups in total. The summed E-state index contributed by atoms with van der Waals surface area (Å²) >= 11 is 14.9. The number of nitrogens with zero attached hydrogens (tertiary/aromatic N) is 1. The van der Waals surface area contributed by atoms with E-state index in [9.17, 15) is 4.79 Å². The third-order valence-corrected chi connectivity index (χ3v) is 3.38. The van der Waals surface area contributed by atoms with Crippen molar-refractivity contribution in [2.75, 3.05) is 5.32 Å². The number of benzene rings is 1. The van der Waals surface area contributed by atoms with E-state index in [1.165, 1.54) is 6.07 Å². The number of hydrogen-bond donors (Lipinski definition) is 1. The van der Waals surface area contributed by atoms with E-state index in [-0.39, 0.29) is 5.91 Å². The molecule has 0 fully saturated rings. The highest BCUT2D eigenvalue weighted by Crippen LogP contribution is 2.23. The summed E-state index contributed by atoms with van der Waals surface area (Å²) in [5.74, 6) is 0.166. The highest BCUT2D eigenvalue weighted by Gasteiger charge is 2.09. The quantitative estimate of drug-likeness (QED) is 0.876. The number of carbonyl (C=O) groups excluding carboxylic acids is 1. The molecule has 0 saturated heterocycles. The van der Waals surface area contributed by atoms with E-state index in [0.717, 1.165) is 4.47 Å². The number of pyridine rings is 1. The van der Waals surface area contributed by atoms with Gasteiger partial charge in [0.25, 0.3) is 5.91 Å². The third kappa shape index (κ3) is 3.22. The minimum absolute atomic E-state index is 0.292. The lowest BCUT2D eigenvalue weighted by Gasteiger charge is -2.05. The van der Waals surface area contributed by atoms with Gasteiger partial charge < -0.3 is 5.32 Å². The molecule has 1 aromatic heterocycles. The SMILES string of the molecule is O=C(Nc1cc(Br)ccn1)c1ccc(Cl)c(Cl)c1. The van der Waals surface area contributed by atoms with Crippen LogP contribution < -0.4 is 5.32 Å². The smallest absolute Gasteiger partial charge is 0.256 e. The van der Waals surface area contributed by atoms with Gasteiger partial charge in [-0.15, -0.1) is 0 Å². The van der Waals surface area contributed by atoms with Gasteiger partial charge in [0.05, 0.1) is 10.0 Å². The second-order valence-corrected chi connectivity index (χ2v) is 5.17. The van der Waals surface area contributed by atoms with Gasteiger partial charge in [-0.05, 0) is 30.3 Å². The van der Waals surface area contributed by atoms with Crippen molar-refractivity contribution in [2.45, 2.75) is 0 Å². The number of rotatable bonds is 2. The Morgan fingerprint density at radius 2 is 1.94 bits per heavy atom. The van der Waals surface area contributed by atoms with E-state index in [1.54, 1.807) is 30.5 Å². The van der Waals surface area contributed by atoms with Crippen LogP contribution in [-0.4, -0.2) is 10.9 Å². The topological polar surface area (TPSA) is 42.0 Å². The fourth-order valence-electron chi connectivity index (χ4n) is 1.30. The molecule has 0 atom stereocenters. The Morgan fingerprint density at radius 1 is 1.17 bits per heavy atom. The van der Waals surface area contributed by atoms with Gasteiger partial charge in [0, 0.05) is 16.2 Å². The summed E-state index contributed by atoms with van der Waals surface area (Å²) in [5, 5.41) is 3.41. The van der Waals surface area contributed by atoms with Gasteiger partial charge in [0.15, 0.2) is 0 Å². The molecule has 0 saturated carbocycles. The predicted octanol–water partition coefficient (Wildman–Crippen LogP) is 4.40. The molecule has 1 heterocycles. The number of hydrogen-bond acceptors (Lipinski definition) is 2. The molecule has 0 bridgehead atoms. The van der Waals surface area contributed by atoms with Crippen LogP contribution in [0.15, 0.2) is 41.0 Å². The first-order chi connectivity index (χ1) is 8.56. The Bertz CT molecular complexity index is 604. The minimum Gasteiger partial charge on any atom is -0.307 e.